The summed E-state index contributed by atoms with van der Waals surface area (Å²) >= 11 is 5.79. The molecule has 0 aliphatic heterocycles. The minimum absolute atomic E-state index is 0.669. The molecule has 1 N–H and O–H groups in total. The van der Waals surface area contributed by atoms with Crippen molar-refractivity contribution in [3.05, 3.63) is 29.3 Å². The van der Waals surface area contributed by atoms with Gasteiger partial charge in [-0.05, 0) is 12.1 Å². The highest BCUT2D eigenvalue weighted by atomic mass is 35.5. The summed E-state index contributed by atoms with van der Waals surface area (Å²) in [5.41, 5.74) is 2.98. The number of nitrogens with one attached hydrogen (secondary N) is 1. The maximum atomic E-state index is 5.79. The number of hydrogen-bond donors (Lipinski definition) is 1. The van der Waals surface area contributed by atoms with Gasteiger partial charge in [-0.25, -0.2) is 5.43 Å². The first-order chi connectivity index (χ1) is 6.22. The van der Waals surface area contributed by atoms with E-state index in [0.717, 1.165) is 12.3 Å². The van der Waals surface area contributed by atoms with Crippen LogP contribution in [0.4, 0.5) is 0 Å². The third-order valence-electron chi connectivity index (χ3n) is 1.42. The lowest BCUT2D eigenvalue weighted by molar-refractivity contribution is -0.0786. The average molecular weight is 201 g/mol. The Labute approximate surface area is 83.2 Å². The van der Waals surface area contributed by atoms with Gasteiger partial charge in [0.1, 0.15) is 0 Å². The fourth-order valence-corrected chi connectivity index (χ4v) is 1.12. The Morgan fingerprint density at radius 3 is 2.92 bits per heavy atom. The minimum atomic E-state index is 0.669. The summed E-state index contributed by atoms with van der Waals surface area (Å²) in [7, 11) is 1.80. The molecule has 0 aliphatic carbocycles. The summed E-state index contributed by atoms with van der Waals surface area (Å²) in [4.78, 5) is 5.37. The summed E-state index contributed by atoms with van der Waals surface area (Å²) < 4.78 is 0. The highest BCUT2D eigenvalue weighted by molar-refractivity contribution is 6.30. The molecule has 0 saturated heterocycles. The van der Waals surface area contributed by atoms with Crippen LogP contribution in [0.25, 0.3) is 0 Å². The van der Waals surface area contributed by atoms with Gasteiger partial charge in [0.25, 0.3) is 0 Å². The molecule has 13 heavy (non-hydrogen) atoms. The van der Waals surface area contributed by atoms with E-state index in [4.69, 9.17) is 16.4 Å². The molecule has 0 atom stereocenters. The van der Waals surface area contributed by atoms with Crippen LogP contribution in [-0.2, 0) is 0 Å². The minimum Gasteiger partial charge on any atom is -0.391 e. The zero-order chi connectivity index (χ0) is 9.68. The van der Waals surface area contributed by atoms with Crippen LogP contribution in [0.2, 0.25) is 5.02 Å². The first-order valence-corrected chi connectivity index (χ1v) is 4.51. The summed E-state index contributed by atoms with van der Waals surface area (Å²) in [6, 6.07) is 7.26. The van der Waals surface area contributed by atoms with Gasteiger partial charge in [0.2, 0.25) is 0 Å². The van der Waals surface area contributed by atoms with Crippen molar-refractivity contribution in [2.45, 2.75) is 6.92 Å². The van der Waals surface area contributed by atoms with Crippen LogP contribution >= 0.6 is 11.6 Å². The lowest BCUT2D eigenvalue weighted by atomic mass is 10.3. The molecule has 1 aromatic rings. The Bertz CT molecular complexity index is 268. The standard InChI is InChI=1S/C9H13ClN2O/c1-3-11-12(2)13-9-6-4-5-8(10)7-9/h4-7,11H,3H2,1-2H3. The van der Waals surface area contributed by atoms with E-state index in [0.29, 0.717) is 5.02 Å². The van der Waals surface area contributed by atoms with Gasteiger partial charge < -0.3 is 4.84 Å². The maximum absolute atomic E-state index is 5.79. The second-order valence-corrected chi connectivity index (χ2v) is 2.99. The molecule has 0 spiro atoms. The number of hydrogen-bond acceptors (Lipinski definition) is 3. The Hall–Kier alpha value is -0.770. The molecule has 0 amide bonds. The van der Waals surface area contributed by atoms with E-state index in [1.807, 2.05) is 25.1 Å². The molecule has 0 fully saturated rings. The molecular formula is C9H13ClN2O. The lowest BCUT2D eigenvalue weighted by Gasteiger charge is -2.17. The predicted octanol–water partition coefficient (Wildman–Crippen LogP) is 2.09. The average Bonchev–Trinajstić information content (AvgIpc) is 2.04. The van der Waals surface area contributed by atoms with E-state index >= 15 is 0 Å². The molecule has 0 unspecified atom stereocenters. The Morgan fingerprint density at radius 2 is 2.31 bits per heavy atom. The molecule has 0 radical (unpaired) electrons. The van der Waals surface area contributed by atoms with Gasteiger partial charge in [-0.1, -0.05) is 29.8 Å². The van der Waals surface area contributed by atoms with Crippen LogP contribution in [0, 0.1) is 0 Å². The van der Waals surface area contributed by atoms with Crippen LogP contribution in [0.3, 0.4) is 0 Å². The second kappa shape index (κ2) is 5.07. The molecule has 0 aromatic heterocycles. The third-order valence-corrected chi connectivity index (χ3v) is 1.65. The monoisotopic (exact) mass is 200 g/mol. The fourth-order valence-electron chi connectivity index (χ4n) is 0.937. The van der Waals surface area contributed by atoms with Gasteiger partial charge in [0.15, 0.2) is 5.75 Å². The molecule has 0 aliphatic rings. The molecule has 1 rings (SSSR count). The highest BCUT2D eigenvalue weighted by Gasteiger charge is 1.98. The SMILES string of the molecule is CCNN(C)Oc1cccc(Cl)c1. The quantitative estimate of drug-likeness (QED) is 0.754. The fraction of sp³-hybridized carbons (Fsp3) is 0.333. The van der Waals surface area contributed by atoms with E-state index in [-0.39, 0.29) is 0 Å². The van der Waals surface area contributed by atoms with Gasteiger partial charge in [0, 0.05) is 24.7 Å². The first kappa shape index (κ1) is 10.3. The normalized spacial score (nSPS) is 10.5. The van der Waals surface area contributed by atoms with Gasteiger partial charge >= 0.3 is 0 Å². The first-order valence-electron chi connectivity index (χ1n) is 4.13. The van der Waals surface area contributed by atoms with Crippen LogP contribution in [-0.4, -0.2) is 18.8 Å². The van der Waals surface area contributed by atoms with Gasteiger partial charge in [0.05, 0.1) is 0 Å². The zero-order valence-electron chi connectivity index (χ0n) is 7.75. The summed E-state index contributed by atoms with van der Waals surface area (Å²) in [6.07, 6.45) is 0. The maximum Gasteiger partial charge on any atom is 0.150 e. The van der Waals surface area contributed by atoms with Gasteiger partial charge in [-0.2, -0.15) is 0 Å². The predicted molar refractivity (Wildman–Crippen MR) is 53.5 cm³/mol. The van der Waals surface area contributed by atoms with Crippen molar-refractivity contribution in [3.8, 4) is 5.75 Å². The zero-order valence-corrected chi connectivity index (χ0v) is 8.51. The number of rotatable bonds is 4. The number of halogens is 1. The Kier molecular flexibility index (Phi) is 4.02. The number of hydroxylamine groups is 1. The van der Waals surface area contributed by atoms with Crippen molar-refractivity contribution in [2.75, 3.05) is 13.6 Å². The summed E-state index contributed by atoms with van der Waals surface area (Å²) in [6.45, 7) is 2.81. The van der Waals surface area contributed by atoms with Crippen molar-refractivity contribution in [3.63, 3.8) is 0 Å². The van der Waals surface area contributed by atoms with Crippen molar-refractivity contribution in [2.24, 2.45) is 0 Å². The molecule has 3 nitrogen and oxygen atoms in total. The summed E-state index contributed by atoms with van der Waals surface area (Å²) in [5, 5.41) is 2.22. The van der Waals surface area contributed by atoms with E-state index in [1.54, 1.807) is 18.3 Å². The molecule has 0 heterocycles. The summed E-state index contributed by atoms with van der Waals surface area (Å²) in [5.74, 6) is 0.718. The lowest BCUT2D eigenvalue weighted by Crippen LogP contribution is -2.36. The molecule has 0 saturated carbocycles. The smallest absolute Gasteiger partial charge is 0.150 e. The topological polar surface area (TPSA) is 24.5 Å². The largest absolute Gasteiger partial charge is 0.391 e. The number of hydrazine groups is 1. The molecule has 72 valence electrons. The number of nitrogens with zero attached hydrogens (tertiary/aromatic N) is 1. The van der Waals surface area contributed by atoms with Crippen molar-refractivity contribution in [1.82, 2.24) is 10.6 Å². The van der Waals surface area contributed by atoms with E-state index < -0.39 is 0 Å². The Morgan fingerprint density at radius 1 is 1.54 bits per heavy atom. The second-order valence-electron chi connectivity index (χ2n) is 2.56. The highest BCUT2D eigenvalue weighted by Crippen LogP contribution is 2.17. The molecule has 0 bridgehead atoms. The van der Waals surface area contributed by atoms with E-state index in [1.165, 1.54) is 0 Å². The van der Waals surface area contributed by atoms with E-state index in [9.17, 15) is 0 Å². The van der Waals surface area contributed by atoms with Crippen molar-refractivity contribution in [1.29, 1.82) is 0 Å². The van der Waals surface area contributed by atoms with Crippen molar-refractivity contribution < 1.29 is 4.84 Å². The van der Waals surface area contributed by atoms with Crippen LogP contribution < -0.4 is 10.3 Å². The molecular weight excluding hydrogens is 188 g/mol. The van der Waals surface area contributed by atoms with Crippen LogP contribution in [0.1, 0.15) is 6.92 Å². The number of benzene rings is 1. The van der Waals surface area contributed by atoms with Crippen molar-refractivity contribution >= 4 is 11.6 Å². The van der Waals surface area contributed by atoms with Crippen LogP contribution in [0.15, 0.2) is 24.3 Å². The molecule has 1 aromatic carbocycles. The van der Waals surface area contributed by atoms with Gasteiger partial charge in [-0.3, -0.25) is 0 Å². The van der Waals surface area contributed by atoms with E-state index in [2.05, 4.69) is 5.43 Å². The Balaban J connectivity index is 2.53. The van der Waals surface area contributed by atoms with Gasteiger partial charge in [-0.15, -0.1) is 0 Å². The van der Waals surface area contributed by atoms with Crippen LogP contribution in [0.5, 0.6) is 5.75 Å². The third kappa shape index (κ3) is 3.63. The molecule has 4 heteroatoms.